The van der Waals surface area contributed by atoms with E-state index in [1.165, 1.54) is 13.2 Å². The molecule has 106 valence electrons. The monoisotopic (exact) mass is 267 g/mol. The van der Waals surface area contributed by atoms with E-state index in [0.29, 0.717) is 13.2 Å². The minimum atomic E-state index is -0.337. The summed E-state index contributed by atoms with van der Waals surface area (Å²) in [4.78, 5) is 0. The topological polar surface area (TPSA) is 30.5 Å². The zero-order chi connectivity index (χ0) is 14.1. The lowest BCUT2D eigenvalue weighted by Gasteiger charge is -2.15. The van der Waals surface area contributed by atoms with Crippen LogP contribution in [0.25, 0.3) is 0 Å². The van der Waals surface area contributed by atoms with Crippen LogP contribution in [-0.2, 0) is 4.74 Å². The van der Waals surface area contributed by atoms with Crippen molar-refractivity contribution < 1.29 is 13.9 Å². The molecule has 1 unspecified atom stereocenters. The van der Waals surface area contributed by atoms with Crippen molar-refractivity contribution in [1.82, 2.24) is 5.32 Å². The van der Waals surface area contributed by atoms with Crippen molar-refractivity contribution in [3.63, 3.8) is 0 Å². The van der Waals surface area contributed by atoms with E-state index in [-0.39, 0.29) is 17.6 Å². The second kappa shape index (κ2) is 8.67. The Labute approximate surface area is 114 Å². The van der Waals surface area contributed by atoms with Gasteiger partial charge in [0.1, 0.15) is 0 Å². The van der Waals surface area contributed by atoms with Crippen LogP contribution in [0, 0.1) is 5.82 Å². The zero-order valence-corrected chi connectivity index (χ0v) is 11.6. The molecule has 0 bridgehead atoms. The Kier molecular flexibility index (Phi) is 7.15. The zero-order valence-electron chi connectivity index (χ0n) is 11.6. The van der Waals surface area contributed by atoms with Crippen LogP contribution < -0.4 is 10.1 Å². The Bertz CT molecular complexity index is 396. The Morgan fingerprint density at radius 3 is 2.84 bits per heavy atom. The van der Waals surface area contributed by atoms with Crippen molar-refractivity contribution in [3.8, 4) is 5.75 Å². The van der Waals surface area contributed by atoms with E-state index in [1.807, 2.05) is 19.1 Å². The fourth-order valence-corrected chi connectivity index (χ4v) is 1.69. The summed E-state index contributed by atoms with van der Waals surface area (Å²) >= 11 is 0. The van der Waals surface area contributed by atoms with Gasteiger partial charge in [-0.25, -0.2) is 4.39 Å². The molecule has 0 saturated carbocycles. The molecule has 0 fully saturated rings. The molecular formula is C15H22FNO2. The summed E-state index contributed by atoms with van der Waals surface area (Å²) in [5.41, 5.74) is 0.893. The Morgan fingerprint density at radius 1 is 1.42 bits per heavy atom. The molecule has 0 radical (unpaired) electrons. The Hall–Kier alpha value is -1.39. The predicted octanol–water partition coefficient (Wildman–Crippen LogP) is 3.08. The number of methoxy groups -OCH3 is 1. The molecule has 3 nitrogen and oxygen atoms in total. The van der Waals surface area contributed by atoms with E-state index in [2.05, 4.69) is 11.9 Å². The molecule has 0 aliphatic heterocycles. The van der Waals surface area contributed by atoms with Gasteiger partial charge in [-0.2, -0.15) is 0 Å². The molecule has 1 aromatic carbocycles. The average Bonchev–Trinajstić information content (AvgIpc) is 2.42. The van der Waals surface area contributed by atoms with E-state index in [9.17, 15) is 4.39 Å². The van der Waals surface area contributed by atoms with E-state index in [0.717, 1.165) is 18.5 Å². The van der Waals surface area contributed by atoms with Crippen molar-refractivity contribution in [2.24, 2.45) is 0 Å². The number of rotatable bonds is 9. The van der Waals surface area contributed by atoms with Gasteiger partial charge in [0.05, 0.1) is 20.3 Å². The molecular weight excluding hydrogens is 245 g/mol. The third-order valence-electron chi connectivity index (χ3n) is 2.84. The van der Waals surface area contributed by atoms with E-state index in [1.54, 1.807) is 6.07 Å². The van der Waals surface area contributed by atoms with Crippen LogP contribution in [-0.4, -0.2) is 26.9 Å². The molecule has 1 N–H and O–H groups in total. The Balaban J connectivity index is 2.34. The largest absolute Gasteiger partial charge is 0.494 e. The maximum absolute atomic E-state index is 13.6. The van der Waals surface area contributed by atoms with E-state index < -0.39 is 0 Å². The van der Waals surface area contributed by atoms with E-state index in [4.69, 9.17) is 9.47 Å². The van der Waals surface area contributed by atoms with Crippen LogP contribution in [0.5, 0.6) is 5.75 Å². The van der Waals surface area contributed by atoms with Crippen LogP contribution in [0.2, 0.25) is 0 Å². The number of nitrogens with one attached hydrogen (secondary N) is 1. The van der Waals surface area contributed by atoms with Crippen molar-refractivity contribution in [2.45, 2.75) is 19.4 Å². The first-order valence-corrected chi connectivity index (χ1v) is 6.44. The third-order valence-corrected chi connectivity index (χ3v) is 2.84. The standard InChI is InChI=1S/C15H22FNO2/c1-4-5-9-19-10-8-17-12(2)13-6-7-15(18-3)14(16)11-13/h4,6-7,11-12,17H,1,5,8-10H2,2-3H3. The predicted molar refractivity (Wildman–Crippen MR) is 75.0 cm³/mol. The highest BCUT2D eigenvalue weighted by molar-refractivity contribution is 5.30. The smallest absolute Gasteiger partial charge is 0.165 e. The summed E-state index contributed by atoms with van der Waals surface area (Å²) in [5, 5.41) is 3.28. The van der Waals surface area contributed by atoms with Gasteiger partial charge < -0.3 is 14.8 Å². The molecule has 0 aromatic heterocycles. The fraction of sp³-hybridized carbons (Fsp3) is 0.467. The fourth-order valence-electron chi connectivity index (χ4n) is 1.69. The van der Waals surface area contributed by atoms with Crippen LogP contribution in [0.15, 0.2) is 30.9 Å². The lowest BCUT2D eigenvalue weighted by atomic mass is 10.1. The van der Waals surface area contributed by atoms with Gasteiger partial charge in [0.2, 0.25) is 0 Å². The molecule has 0 aliphatic carbocycles. The maximum Gasteiger partial charge on any atom is 0.165 e. The summed E-state index contributed by atoms with van der Waals surface area (Å²) in [5.74, 6) is -0.0698. The van der Waals surface area contributed by atoms with Gasteiger partial charge in [0, 0.05) is 12.6 Å². The normalized spacial score (nSPS) is 12.2. The van der Waals surface area contributed by atoms with E-state index >= 15 is 0 Å². The summed E-state index contributed by atoms with van der Waals surface area (Å²) in [6.45, 7) is 7.67. The molecule has 4 heteroatoms. The number of hydrogen-bond donors (Lipinski definition) is 1. The van der Waals surface area contributed by atoms with Gasteiger partial charge in [0.25, 0.3) is 0 Å². The van der Waals surface area contributed by atoms with Crippen LogP contribution >= 0.6 is 0 Å². The molecule has 0 heterocycles. The Morgan fingerprint density at radius 2 is 2.21 bits per heavy atom. The van der Waals surface area contributed by atoms with Crippen LogP contribution in [0.4, 0.5) is 4.39 Å². The summed E-state index contributed by atoms with van der Waals surface area (Å²) in [6, 6.07) is 5.07. The average molecular weight is 267 g/mol. The second-order valence-electron chi connectivity index (χ2n) is 4.26. The van der Waals surface area contributed by atoms with Gasteiger partial charge in [-0.05, 0) is 31.0 Å². The second-order valence-corrected chi connectivity index (χ2v) is 4.26. The summed E-state index contributed by atoms with van der Waals surface area (Å²) in [6.07, 6.45) is 2.69. The molecule has 1 atom stereocenters. The molecule has 0 saturated heterocycles. The molecule has 0 aliphatic rings. The highest BCUT2D eigenvalue weighted by Gasteiger charge is 2.08. The van der Waals surface area contributed by atoms with Crippen LogP contribution in [0.1, 0.15) is 24.9 Å². The number of ether oxygens (including phenoxy) is 2. The number of benzene rings is 1. The van der Waals surface area contributed by atoms with Crippen molar-refractivity contribution in [2.75, 3.05) is 26.9 Å². The minimum absolute atomic E-state index is 0.0726. The molecule has 19 heavy (non-hydrogen) atoms. The van der Waals surface area contributed by atoms with Crippen molar-refractivity contribution >= 4 is 0 Å². The molecule has 0 spiro atoms. The van der Waals surface area contributed by atoms with Gasteiger partial charge in [-0.3, -0.25) is 0 Å². The molecule has 0 amide bonds. The molecule has 1 rings (SSSR count). The highest BCUT2D eigenvalue weighted by atomic mass is 19.1. The van der Waals surface area contributed by atoms with Gasteiger partial charge >= 0.3 is 0 Å². The lowest BCUT2D eigenvalue weighted by molar-refractivity contribution is 0.138. The molecule has 1 aromatic rings. The van der Waals surface area contributed by atoms with Crippen LogP contribution in [0.3, 0.4) is 0 Å². The highest BCUT2D eigenvalue weighted by Crippen LogP contribution is 2.21. The first kappa shape index (κ1) is 15.7. The summed E-state index contributed by atoms with van der Waals surface area (Å²) < 4.78 is 23.8. The van der Waals surface area contributed by atoms with Crippen molar-refractivity contribution in [3.05, 3.63) is 42.2 Å². The summed E-state index contributed by atoms with van der Waals surface area (Å²) in [7, 11) is 1.46. The van der Waals surface area contributed by atoms with Gasteiger partial charge in [-0.1, -0.05) is 12.1 Å². The number of halogens is 1. The van der Waals surface area contributed by atoms with Gasteiger partial charge in [0.15, 0.2) is 11.6 Å². The number of hydrogen-bond acceptors (Lipinski definition) is 3. The minimum Gasteiger partial charge on any atom is -0.494 e. The maximum atomic E-state index is 13.6. The van der Waals surface area contributed by atoms with Crippen molar-refractivity contribution in [1.29, 1.82) is 0 Å². The SMILES string of the molecule is C=CCCOCCNC(C)c1ccc(OC)c(F)c1. The first-order chi connectivity index (χ1) is 9.19. The lowest BCUT2D eigenvalue weighted by Crippen LogP contribution is -2.23. The third kappa shape index (κ3) is 5.41. The first-order valence-electron chi connectivity index (χ1n) is 6.44. The van der Waals surface area contributed by atoms with Gasteiger partial charge in [-0.15, -0.1) is 6.58 Å². The quantitative estimate of drug-likeness (QED) is 0.551.